The van der Waals surface area contributed by atoms with Gasteiger partial charge in [-0.2, -0.15) is 14.6 Å². The molecule has 2 rings (SSSR count). The van der Waals surface area contributed by atoms with Gasteiger partial charge in [0.15, 0.2) is 0 Å². The molecular weight excluding hydrogens is 216 g/mol. The van der Waals surface area contributed by atoms with E-state index in [0.29, 0.717) is 5.78 Å². The Bertz CT molecular complexity index is 490. The molecule has 0 amide bonds. The van der Waals surface area contributed by atoms with Crippen molar-refractivity contribution in [2.45, 2.75) is 13.3 Å². The van der Waals surface area contributed by atoms with Gasteiger partial charge in [-0.3, -0.25) is 0 Å². The standard InChI is InChI=1S/C11H18N6/c1-9-7-10(12-5-4-6-16(2)3)17-11(15-9)13-8-14-17/h7-8,12H,4-6H2,1-3H3. The van der Waals surface area contributed by atoms with Gasteiger partial charge in [-0.25, -0.2) is 4.98 Å². The third-order valence-electron chi connectivity index (χ3n) is 2.47. The van der Waals surface area contributed by atoms with Crippen molar-refractivity contribution in [2.75, 3.05) is 32.5 Å². The fourth-order valence-electron chi connectivity index (χ4n) is 1.67. The fraction of sp³-hybridized carbons (Fsp3) is 0.545. The van der Waals surface area contributed by atoms with Gasteiger partial charge in [0, 0.05) is 18.3 Å². The zero-order valence-corrected chi connectivity index (χ0v) is 10.5. The number of aryl methyl sites for hydroxylation is 1. The highest BCUT2D eigenvalue weighted by Crippen LogP contribution is 2.09. The average molecular weight is 234 g/mol. The second-order valence-corrected chi connectivity index (χ2v) is 4.34. The molecule has 0 aliphatic carbocycles. The second kappa shape index (κ2) is 5.09. The van der Waals surface area contributed by atoms with Gasteiger partial charge in [-0.15, -0.1) is 0 Å². The lowest BCUT2D eigenvalue weighted by atomic mass is 10.4. The van der Waals surface area contributed by atoms with Crippen LogP contribution >= 0.6 is 0 Å². The molecule has 0 saturated carbocycles. The summed E-state index contributed by atoms with van der Waals surface area (Å²) in [5.74, 6) is 1.59. The predicted octanol–water partition coefficient (Wildman–Crippen LogP) is 0.796. The van der Waals surface area contributed by atoms with E-state index < -0.39 is 0 Å². The molecule has 0 unspecified atom stereocenters. The van der Waals surface area contributed by atoms with Gasteiger partial charge in [0.25, 0.3) is 5.78 Å². The molecule has 0 radical (unpaired) electrons. The van der Waals surface area contributed by atoms with Gasteiger partial charge in [-0.05, 0) is 34.0 Å². The molecule has 0 aliphatic rings. The van der Waals surface area contributed by atoms with Crippen molar-refractivity contribution >= 4 is 11.6 Å². The van der Waals surface area contributed by atoms with Gasteiger partial charge in [0.1, 0.15) is 12.1 Å². The summed E-state index contributed by atoms with van der Waals surface area (Å²) in [4.78, 5) is 10.6. The van der Waals surface area contributed by atoms with Crippen LogP contribution in [0.1, 0.15) is 12.1 Å². The summed E-state index contributed by atoms with van der Waals surface area (Å²) in [7, 11) is 4.15. The average Bonchev–Trinajstić information content (AvgIpc) is 2.71. The van der Waals surface area contributed by atoms with Crippen LogP contribution in [0.4, 0.5) is 5.82 Å². The molecule has 0 bridgehead atoms. The summed E-state index contributed by atoms with van der Waals surface area (Å²) in [5.41, 5.74) is 0.945. The number of anilines is 1. The van der Waals surface area contributed by atoms with Crippen LogP contribution in [0.15, 0.2) is 12.4 Å². The second-order valence-electron chi connectivity index (χ2n) is 4.34. The Hall–Kier alpha value is -1.69. The molecule has 2 aromatic rings. The molecule has 17 heavy (non-hydrogen) atoms. The van der Waals surface area contributed by atoms with Gasteiger partial charge in [0.05, 0.1) is 0 Å². The van der Waals surface area contributed by atoms with E-state index in [1.165, 1.54) is 6.33 Å². The highest BCUT2D eigenvalue weighted by Gasteiger charge is 2.04. The molecule has 6 nitrogen and oxygen atoms in total. The van der Waals surface area contributed by atoms with E-state index >= 15 is 0 Å². The highest BCUT2D eigenvalue weighted by atomic mass is 15.3. The van der Waals surface area contributed by atoms with E-state index in [4.69, 9.17) is 0 Å². The van der Waals surface area contributed by atoms with Crippen LogP contribution in [0.5, 0.6) is 0 Å². The van der Waals surface area contributed by atoms with Crippen LogP contribution in [0, 0.1) is 6.92 Å². The van der Waals surface area contributed by atoms with Crippen molar-refractivity contribution in [1.29, 1.82) is 0 Å². The van der Waals surface area contributed by atoms with E-state index in [1.807, 2.05) is 13.0 Å². The van der Waals surface area contributed by atoms with E-state index in [1.54, 1.807) is 4.52 Å². The van der Waals surface area contributed by atoms with Gasteiger partial charge in [-0.1, -0.05) is 0 Å². The number of aromatic nitrogens is 4. The van der Waals surface area contributed by atoms with Crippen molar-refractivity contribution < 1.29 is 0 Å². The SMILES string of the molecule is Cc1cc(NCCCN(C)C)n2ncnc2n1. The summed E-state index contributed by atoms with van der Waals surface area (Å²) in [6.07, 6.45) is 2.61. The maximum Gasteiger partial charge on any atom is 0.254 e. The molecule has 6 heteroatoms. The van der Waals surface area contributed by atoms with E-state index in [-0.39, 0.29) is 0 Å². The maximum atomic E-state index is 4.29. The Morgan fingerprint density at radius 2 is 2.24 bits per heavy atom. The summed E-state index contributed by atoms with van der Waals surface area (Å²) in [6, 6.07) is 1.98. The fourth-order valence-corrected chi connectivity index (χ4v) is 1.67. The molecule has 2 heterocycles. The number of hydrogen-bond donors (Lipinski definition) is 1. The van der Waals surface area contributed by atoms with Crippen LogP contribution in [0.3, 0.4) is 0 Å². The maximum absolute atomic E-state index is 4.29. The molecule has 0 atom stereocenters. The molecule has 0 fully saturated rings. The smallest absolute Gasteiger partial charge is 0.254 e. The van der Waals surface area contributed by atoms with Crippen molar-refractivity contribution in [1.82, 2.24) is 24.5 Å². The Morgan fingerprint density at radius 3 is 3.00 bits per heavy atom. The summed E-state index contributed by atoms with van der Waals surface area (Å²) in [5, 5.41) is 7.51. The highest BCUT2D eigenvalue weighted by molar-refractivity contribution is 5.44. The molecule has 0 aliphatic heterocycles. The van der Waals surface area contributed by atoms with Gasteiger partial charge in [0.2, 0.25) is 0 Å². The Morgan fingerprint density at radius 1 is 1.41 bits per heavy atom. The summed E-state index contributed by atoms with van der Waals surface area (Å²) < 4.78 is 1.72. The van der Waals surface area contributed by atoms with Crippen LogP contribution < -0.4 is 5.32 Å². The number of rotatable bonds is 5. The Labute approximate surface area is 101 Å². The minimum atomic E-state index is 0.639. The van der Waals surface area contributed by atoms with Crippen molar-refractivity contribution in [3.05, 3.63) is 18.1 Å². The lowest BCUT2D eigenvalue weighted by molar-refractivity contribution is 0.405. The van der Waals surface area contributed by atoms with Crippen molar-refractivity contribution in [3.8, 4) is 0 Å². The summed E-state index contributed by atoms with van der Waals surface area (Å²) in [6.45, 7) is 3.94. The van der Waals surface area contributed by atoms with Crippen molar-refractivity contribution in [2.24, 2.45) is 0 Å². The zero-order valence-electron chi connectivity index (χ0n) is 10.5. The molecule has 92 valence electrons. The Balaban J connectivity index is 2.04. The topological polar surface area (TPSA) is 58.4 Å². The lowest BCUT2D eigenvalue weighted by Crippen LogP contribution is -2.17. The first-order valence-corrected chi connectivity index (χ1v) is 5.73. The predicted molar refractivity (Wildman–Crippen MR) is 67.2 cm³/mol. The van der Waals surface area contributed by atoms with Crippen LogP contribution in [-0.4, -0.2) is 51.7 Å². The number of hydrogen-bond acceptors (Lipinski definition) is 5. The molecule has 1 N–H and O–H groups in total. The molecule has 0 aromatic carbocycles. The number of nitrogens with zero attached hydrogens (tertiary/aromatic N) is 5. The van der Waals surface area contributed by atoms with E-state index in [0.717, 1.165) is 31.0 Å². The third-order valence-corrected chi connectivity index (χ3v) is 2.47. The number of fused-ring (bicyclic) bond motifs is 1. The van der Waals surface area contributed by atoms with Crippen molar-refractivity contribution in [3.63, 3.8) is 0 Å². The molecule has 0 saturated heterocycles. The third kappa shape index (κ3) is 2.91. The minimum absolute atomic E-state index is 0.639. The van der Waals surface area contributed by atoms with E-state index in [2.05, 4.69) is 39.4 Å². The van der Waals surface area contributed by atoms with Gasteiger partial charge < -0.3 is 10.2 Å². The first kappa shape index (κ1) is 11.8. The Kier molecular flexibility index (Phi) is 3.53. The van der Waals surface area contributed by atoms with Gasteiger partial charge >= 0.3 is 0 Å². The van der Waals surface area contributed by atoms with Crippen LogP contribution in [-0.2, 0) is 0 Å². The summed E-state index contributed by atoms with van der Waals surface area (Å²) >= 11 is 0. The molecule has 2 aromatic heterocycles. The van der Waals surface area contributed by atoms with Crippen LogP contribution in [0.2, 0.25) is 0 Å². The van der Waals surface area contributed by atoms with Crippen LogP contribution in [0.25, 0.3) is 5.78 Å². The normalized spacial score (nSPS) is 11.3. The largest absolute Gasteiger partial charge is 0.370 e. The molecule has 0 spiro atoms. The molecular formula is C11H18N6. The minimum Gasteiger partial charge on any atom is -0.370 e. The first-order chi connectivity index (χ1) is 8.16. The monoisotopic (exact) mass is 234 g/mol. The lowest BCUT2D eigenvalue weighted by Gasteiger charge is -2.11. The quantitative estimate of drug-likeness (QED) is 0.775. The van der Waals surface area contributed by atoms with E-state index in [9.17, 15) is 0 Å². The number of nitrogens with one attached hydrogen (secondary N) is 1. The first-order valence-electron chi connectivity index (χ1n) is 5.73. The zero-order chi connectivity index (χ0) is 12.3.